The maximum atomic E-state index is 12.6. The summed E-state index contributed by atoms with van der Waals surface area (Å²) in [6.07, 6.45) is 3.77. The van der Waals surface area contributed by atoms with Crippen molar-refractivity contribution >= 4 is 51.9 Å². The third-order valence-electron chi connectivity index (χ3n) is 5.50. The first kappa shape index (κ1) is 23.4. The van der Waals surface area contributed by atoms with Crippen molar-refractivity contribution in [2.45, 2.75) is 6.61 Å². The minimum absolute atomic E-state index is 0.116. The average Bonchev–Trinajstić information content (AvgIpc) is 3.41. The van der Waals surface area contributed by atoms with Crippen molar-refractivity contribution in [3.63, 3.8) is 0 Å². The van der Waals surface area contributed by atoms with Gasteiger partial charge in [0.15, 0.2) is 0 Å². The molecule has 1 amide bonds. The number of rotatable bonds is 6. The fourth-order valence-electron chi connectivity index (χ4n) is 3.63. The van der Waals surface area contributed by atoms with E-state index in [1.807, 2.05) is 95.8 Å². The largest absolute Gasteiger partial charge is 0.489 e. The fraction of sp³-hybridized carbons (Fsp3) is 0.0741. The summed E-state index contributed by atoms with van der Waals surface area (Å²) in [7, 11) is 1.69. The Bertz CT molecular complexity index is 1450. The van der Waals surface area contributed by atoms with Crippen molar-refractivity contribution in [2.24, 2.45) is 0 Å². The van der Waals surface area contributed by atoms with Crippen LogP contribution in [0.3, 0.4) is 0 Å². The lowest BCUT2D eigenvalue weighted by Gasteiger charge is -2.09. The van der Waals surface area contributed by atoms with Gasteiger partial charge in [0.1, 0.15) is 22.4 Å². The highest BCUT2D eigenvalue weighted by molar-refractivity contribution is 8.26. The minimum Gasteiger partial charge on any atom is -0.489 e. The number of ether oxygens (including phenoxy) is 1. The molecular formula is C27H20ClN3O2S2. The van der Waals surface area contributed by atoms with E-state index in [0.29, 0.717) is 26.6 Å². The number of halogens is 1. The van der Waals surface area contributed by atoms with E-state index in [0.717, 1.165) is 28.1 Å². The van der Waals surface area contributed by atoms with E-state index < -0.39 is 0 Å². The first-order chi connectivity index (χ1) is 17.0. The molecule has 0 radical (unpaired) electrons. The first-order valence-electron chi connectivity index (χ1n) is 10.8. The van der Waals surface area contributed by atoms with Gasteiger partial charge in [0.2, 0.25) is 0 Å². The van der Waals surface area contributed by atoms with Crippen molar-refractivity contribution in [2.75, 3.05) is 7.05 Å². The van der Waals surface area contributed by atoms with Crippen LogP contribution in [0, 0.1) is 0 Å². The predicted molar refractivity (Wildman–Crippen MR) is 146 cm³/mol. The quantitative estimate of drug-likeness (QED) is 0.213. The standard InChI is InChI=1S/C27H20ClN3O2S2/c1-30-26(32)24(35-27(30)34)15-20-16-31(21-10-3-2-4-11-21)29-25(20)18-9-7-12-22(14-18)33-17-19-8-5-6-13-23(19)28/h2-16H,17H2,1H3/b24-15+. The molecule has 1 aliphatic heterocycles. The number of aromatic nitrogens is 2. The number of nitrogens with zero attached hydrogens (tertiary/aromatic N) is 3. The van der Waals surface area contributed by atoms with Gasteiger partial charge in [-0.15, -0.1) is 0 Å². The van der Waals surface area contributed by atoms with Crippen LogP contribution in [0.1, 0.15) is 11.1 Å². The van der Waals surface area contributed by atoms with Gasteiger partial charge in [-0.05, 0) is 36.4 Å². The highest BCUT2D eigenvalue weighted by Crippen LogP contribution is 2.35. The normalized spacial score (nSPS) is 14.7. The zero-order valence-corrected chi connectivity index (χ0v) is 21.1. The van der Waals surface area contributed by atoms with Gasteiger partial charge >= 0.3 is 0 Å². The Labute approximate surface area is 218 Å². The second kappa shape index (κ2) is 10.1. The molecule has 5 rings (SSSR count). The smallest absolute Gasteiger partial charge is 0.265 e. The van der Waals surface area contributed by atoms with Crippen molar-refractivity contribution < 1.29 is 9.53 Å². The lowest BCUT2D eigenvalue weighted by molar-refractivity contribution is -0.121. The number of thiocarbonyl (C=S) groups is 1. The van der Waals surface area contributed by atoms with E-state index in [1.54, 1.807) is 7.05 Å². The van der Waals surface area contributed by atoms with E-state index >= 15 is 0 Å². The number of likely N-dealkylation sites (N-methyl/N-ethyl adjacent to an activating group) is 1. The lowest BCUT2D eigenvalue weighted by atomic mass is 10.1. The number of thioether (sulfide) groups is 1. The van der Waals surface area contributed by atoms with Crippen molar-refractivity contribution in [1.29, 1.82) is 0 Å². The van der Waals surface area contributed by atoms with Crippen LogP contribution in [0.4, 0.5) is 0 Å². The molecule has 0 N–H and O–H groups in total. The molecule has 1 fully saturated rings. The van der Waals surface area contributed by atoms with Crippen LogP contribution < -0.4 is 4.74 Å². The number of carbonyl (C=O) groups is 1. The molecule has 0 spiro atoms. The molecular weight excluding hydrogens is 498 g/mol. The third kappa shape index (κ3) is 5.03. The Morgan fingerprint density at radius 3 is 2.57 bits per heavy atom. The average molecular weight is 518 g/mol. The van der Waals surface area contributed by atoms with Crippen LogP contribution >= 0.6 is 35.6 Å². The SMILES string of the molecule is CN1C(=O)/C(=C\c2cn(-c3ccccc3)nc2-c2cccc(OCc3ccccc3Cl)c2)SC1=S. The molecule has 5 nitrogen and oxygen atoms in total. The van der Waals surface area contributed by atoms with Crippen LogP contribution in [0.15, 0.2) is 90.0 Å². The van der Waals surface area contributed by atoms with Gasteiger partial charge in [-0.2, -0.15) is 5.10 Å². The predicted octanol–water partition coefficient (Wildman–Crippen LogP) is 6.60. The molecule has 1 aromatic heterocycles. The molecule has 3 aromatic carbocycles. The molecule has 1 saturated heterocycles. The van der Waals surface area contributed by atoms with E-state index in [1.165, 1.54) is 16.7 Å². The topological polar surface area (TPSA) is 47.4 Å². The van der Waals surface area contributed by atoms with Crippen LogP contribution in [0.2, 0.25) is 5.02 Å². The van der Waals surface area contributed by atoms with Gasteiger partial charge in [-0.25, -0.2) is 4.68 Å². The molecule has 4 aromatic rings. The van der Waals surface area contributed by atoms with Gasteiger partial charge in [-0.3, -0.25) is 9.69 Å². The zero-order chi connectivity index (χ0) is 24.4. The van der Waals surface area contributed by atoms with Gasteiger partial charge < -0.3 is 4.74 Å². The number of para-hydroxylation sites is 1. The lowest BCUT2D eigenvalue weighted by Crippen LogP contribution is -2.22. The highest BCUT2D eigenvalue weighted by Gasteiger charge is 2.29. The first-order valence-corrected chi connectivity index (χ1v) is 12.4. The summed E-state index contributed by atoms with van der Waals surface area (Å²) in [5.74, 6) is 0.581. The molecule has 1 aliphatic rings. The molecule has 0 atom stereocenters. The fourth-order valence-corrected chi connectivity index (χ4v) is 4.99. The summed E-state index contributed by atoms with van der Waals surface area (Å²) < 4.78 is 8.37. The van der Waals surface area contributed by atoms with Crippen LogP contribution in [-0.4, -0.2) is 32.0 Å². The zero-order valence-electron chi connectivity index (χ0n) is 18.7. The molecule has 8 heteroatoms. The Hall–Kier alpha value is -3.39. The van der Waals surface area contributed by atoms with Gasteiger partial charge in [0.25, 0.3) is 5.91 Å². The Morgan fingerprint density at radius 1 is 1.06 bits per heavy atom. The second-order valence-electron chi connectivity index (χ2n) is 7.86. The minimum atomic E-state index is -0.116. The molecule has 0 aliphatic carbocycles. The van der Waals surface area contributed by atoms with Crippen LogP contribution in [-0.2, 0) is 11.4 Å². The molecule has 0 bridgehead atoms. The Balaban J connectivity index is 1.52. The van der Waals surface area contributed by atoms with Crippen molar-refractivity contribution in [1.82, 2.24) is 14.7 Å². The van der Waals surface area contributed by atoms with E-state index in [-0.39, 0.29) is 5.91 Å². The molecule has 35 heavy (non-hydrogen) atoms. The summed E-state index contributed by atoms with van der Waals surface area (Å²) in [6, 6.07) is 25.2. The molecule has 174 valence electrons. The maximum absolute atomic E-state index is 12.6. The molecule has 2 heterocycles. The van der Waals surface area contributed by atoms with Gasteiger partial charge in [0.05, 0.1) is 10.6 Å². The number of benzene rings is 3. The third-order valence-corrected chi connectivity index (χ3v) is 7.35. The number of amides is 1. The molecule has 0 saturated carbocycles. The Morgan fingerprint density at radius 2 is 1.83 bits per heavy atom. The summed E-state index contributed by atoms with van der Waals surface area (Å²) in [5.41, 5.74) is 4.25. The number of hydrogen-bond donors (Lipinski definition) is 0. The van der Waals surface area contributed by atoms with Crippen LogP contribution in [0.5, 0.6) is 5.75 Å². The summed E-state index contributed by atoms with van der Waals surface area (Å²) >= 11 is 12.9. The van der Waals surface area contributed by atoms with E-state index in [4.69, 9.17) is 33.7 Å². The molecule has 0 unspecified atom stereocenters. The summed E-state index contributed by atoms with van der Waals surface area (Å²) in [4.78, 5) is 14.7. The number of hydrogen-bond acceptors (Lipinski definition) is 5. The van der Waals surface area contributed by atoms with Gasteiger partial charge in [0, 0.05) is 35.0 Å². The summed E-state index contributed by atoms with van der Waals surface area (Å²) in [6.45, 7) is 0.355. The van der Waals surface area contributed by atoms with Gasteiger partial charge in [-0.1, -0.05) is 84.1 Å². The number of carbonyl (C=O) groups excluding carboxylic acids is 1. The highest BCUT2D eigenvalue weighted by atomic mass is 35.5. The van der Waals surface area contributed by atoms with Crippen molar-refractivity contribution in [3.05, 3.63) is 106 Å². The monoisotopic (exact) mass is 517 g/mol. The van der Waals surface area contributed by atoms with E-state index in [9.17, 15) is 4.79 Å². The van der Waals surface area contributed by atoms with Crippen molar-refractivity contribution in [3.8, 4) is 22.7 Å². The maximum Gasteiger partial charge on any atom is 0.265 e. The van der Waals surface area contributed by atoms with E-state index in [2.05, 4.69) is 0 Å². The van der Waals surface area contributed by atoms with Crippen LogP contribution in [0.25, 0.3) is 23.0 Å². The second-order valence-corrected chi connectivity index (χ2v) is 9.94. The Kier molecular flexibility index (Phi) is 6.72. The summed E-state index contributed by atoms with van der Waals surface area (Å²) in [5, 5.41) is 5.53.